The molecule has 0 aliphatic heterocycles. The van der Waals surface area contributed by atoms with Gasteiger partial charge < -0.3 is 5.32 Å². The van der Waals surface area contributed by atoms with Crippen molar-refractivity contribution in [1.82, 2.24) is 14.9 Å². The average Bonchev–Trinajstić information content (AvgIpc) is 2.31. The number of hydrogen-bond donors (Lipinski definition) is 1. The molecule has 0 spiro atoms. The third-order valence-electron chi connectivity index (χ3n) is 3.04. The summed E-state index contributed by atoms with van der Waals surface area (Å²) in [4.78, 5) is 27.9. The molecule has 0 radical (unpaired) electrons. The highest BCUT2D eigenvalue weighted by molar-refractivity contribution is 6.29. The van der Waals surface area contributed by atoms with E-state index in [1.54, 1.807) is 0 Å². The van der Waals surface area contributed by atoms with Gasteiger partial charge in [-0.3, -0.25) is 14.2 Å². The van der Waals surface area contributed by atoms with Crippen molar-refractivity contribution in [3.63, 3.8) is 0 Å². The lowest BCUT2D eigenvalue weighted by molar-refractivity contribution is -0.123. The fraction of sp³-hybridized carbons (Fsp3) is 0.615. The Morgan fingerprint density at radius 3 is 2.63 bits per heavy atom. The first-order chi connectivity index (χ1) is 8.79. The number of nitrogens with one attached hydrogen (secondary N) is 1. The minimum atomic E-state index is -0.304. The first kappa shape index (κ1) is 15.7. The van der Waals surface area contributed by atoms with Gasteiger partial charge in [-0.15, -0.1) is 0 Å². The Bertz CT molecular complexity index is 523. The van der Waals surface area contributed by atoms with Crippen molar-refractivity contribution in [2.45, 2.75) is 52.6 Å². The quantitative estimate of drug-likeness (QED) is 0.839. The highest BCUT2D eigenvalue weighted by atomic mass is 35.5. The molecular weight excluding hydrogens is 266 g/mol. The highest BCUT2D eigenvalue weighted by Crippen LogP contribution is 2.07. The maximum Gasteiger partial charge on any atom is 0.255 e. The van der Waals surface area contributed by atoms with E-state index in [2.05, 4.69) is 10.3 Å². The lowest BCUT2D eigenvalue weighted by Gasteiger charge is -2.24. The molecule has 19 heavy (non-hydrogen) atoms. The molecule has 1 rings (SSSR count). The van der Waals surface area contributed by atoms with E-state index in [-0.39, 0.29) is 28.7 Å². The Morgan fingerprint density at radius 1 is 1.47 bits per heavy atom. The fourth-order valence-electron chi connectivity index (χ4n) is 1.61. The number of aryl methyl sites for hydroxylation is 1. The van der Waals surface area contributed by atoms with Crippen LogP contribution in [0.5, 0.6) is 0 Å². The Kier molecular flexibility index (Phi) is 5.11. The molecule has 0 aromatic carbocycles. The second kappa shape index (κ2) is 6.19. The van der Waals surface area contributed by atoms with E-state index in [9.17, 15) is 9.59 Å². The summed E-state index contributed by atoms with van der Waals surface area (Å²) in [6.07, 6.45) is 1.35. The monoisotopic (exact) mass is 285 g/mol. The van der Waals surface area contributed by atoms with Gasteiger partial charge in [0.2, 0.25) is 5.91 Å². The summed E-state index contributed by atoms with van der Waals surface area (Å²) in [6.45, 7) is 7.70. The van der Waals surface area contributed by atoms with E-state index in [0.717, 1.165) is 6.42 Å². The number of hydrogen-bond acceptors (Lipinski definition) is 3. The van der Waals surface area contributed by atoms with Gasteiger partial charge in [-0.2, -0.15) is 0 Å². The third kappa shape index (κ3) is 4.35. The van der Waals surface area contributed by atoms with Gasteiger partial charge >= 0.3 is 0 Å². The van der Waals surface area contributed by atoms with Crippen LogP contribution in [0.1, 0.15) is 39.9 Å². The van der Waals surface area contributed by atoms with Gasteiger partial charge in [-0.1, -0.05) is 25.4 Å². The Labute approximate surface area is 118 Å². The molecule has 1 aromatic rings. The van der Waals surface area contributed by atoms with Crippen LogP contribution >= 0.6 is 11.6 Å². The second-order valence-electron chi connectivity index (χ2n) is 5.06. The predicted octanol–water partition coefficient (Wildman–Crippen LogP) is 1.76. The SMILES string of the molecule is CCc1nc(Cl)cc(=O)n1CC(=O)NC(C)(C)CC. The minimum absolute atomic E-state index is 0.0321. The van der Waals surface area contributed by atoms with Gasteiger partial charge in [0.05, 0.1) is 0 Å². The number of halogens is 1. The lowest BCUT2D eigenvalue weighted by atomic mass is 10.0. The molecule has 1 amide bonds. The molecule has 0 atom stereocenters. The fourth-order valence-corrected chi connectivity index (χ4v) is 1.80. The summed E-state index contributed by atoms with van der Waals surface area (Å²) in [5, 5.41) is 3.05. The molecule has 5 nitrogen and oxygen atoms in total. The van der Waals surface area contributed by atoms with E-state index in [0.29, 0.717) is 12.2 Å². The van der Waals surface area contributed by atoms with Crippen molar-refractivity contribution in [2.75, 3.05) is 0 Å². The van der Waals surface area contributed by atoms with Crippen molar-refractivity contribution in [3.8, 4) is 0 Å². The van der Waals surface area contributed by atoms with Crippen LogP contribution in [0.2, 0.25) is 5.15 Å². The normalized spacial score (nSPS) is 11.4. The van der Waals surface area contributed by atoms with E-state index in [1.165, 1.54) is 10.6 Å². The van der Waals surface area contributed by atoms with Crippen LogP contribution in [0.3, 0.4) is 0 Å². The topological polar surface area (TPSA) is 64.0 Å². The van der Waals surface area contributed by atoms with E-state index in [1.807, 2.05) is 27.7 Å². The third-order valence-corrected chi connectivity index (χ3v) is 3.23. The average molecular weight is 286 g/mol. The summed E-state index contributed by atoms with van der Waals surface area (Å²) in [5.74, 6) is 0.315. The molecular formula is C13H20ClN3O2. The van der Waals surface area contributed by atoms with Crippen molar-refractivity contribution < 1.29 is 4.79 Å². The number of aromatic nitrogens is 2. The van der Waals surface area contributed by atoms with Crippen LogP contribution in [0.15, 0.2) is 10.9 Å². The van der Waals surface area contributed by atoms with Crippen LogP contribution in [0, 0.1) is 0 Å². The van der Waals surface area contributed by atoms with Gasteiger partial charge in [0, 0.05) is 18.0 Å². The molecule has 0 bridgehead atoms. The van der Waals surface area contributed by atoms with Crippen LogP contribution in [0.4, 0.5) is 0 Å². The summed E-state index contributed by atoms with van der Waals surface area (Å²) in [7, 11) is 0. The second-order valence-corrected chi connectivity index (χ2v) is 5.45. The maximum atomic E-state index is 12.0. The first-order valence-electron chi connectivity index (χ1n) is 6.36. The Balaban J connectivity index is 2.94. The molecule has 0 saturated carbocycles. The molecule has 0 fully saturated rings. The van der Waals surface area contributed by atoms with Gasteiger partial charge in [0.25, 0.3) is 5.56 Å². The van der Waals surface area contributed by atoms with Gasteiger partial charge in [0.15, 0.2) is 0 Å². The number of carbonyl (C=O) groups is 1. The molecule has 0 unspecified atom stereocenters. The van der Waals surface area contributed by atoms with E-state index < -0.39 is 0 Å². The zero-order valence-corrected chi connectivity index (χ0v) is 12.5. The lowest BCUT2D eigenvalue weighted by Crippen LogP contribution is -2.45. The standard InChI is InChI=1S/C13H20ClN3O2/c1-5-10-15-9(14)7-12(19)17(10)8-11(18)16-13(3,4)6-2/h7H,5-6,8H2,1-4H3,(H,16,18). The molecule has 6 heteroatoms. The zero-order chi connectivity index (χ0) is 14.6. The smallest absolute Gasteiger partial charge is 0.255 e. The van der Waals surface area contributed by atoms with Gasteiger partial charge in [-0.25, -0.2) is 4.98 Å². The van der Waals surface area contributed by atoms with Crippen molar-refractivity contribution >= 4 is 17.5 Å². The molecule has 1 N–H and O–H groups in total. The zero-order valence-electron chi connectivity index (χ0n) is 11.8. The van der Waals surface area contributed by atoms with Crippen LogP contribution in [-0.2, 0) is 17.8 Å². The molecule has 0 aliphatic rings. The van der Waals surface area contributed by atoms with Crippen LogP contribution in [-0.4, -0.2) is 21.0 Å². The molecule has 0 aliphatic carbocycles. The number of rotatable bonds is 5. The molecule has 106 valence electrons. The van der Waals surface area contributed by atoms with Crippen LogP contribution < -0.4 is 10.9 Å². The number of nitrogens with zero attached hydrogens (tertiary/aromatic N) is 2. The van der Waals surface area contributed by atoms with Crippen molar-refractivity contribution in [1.29, 1.82) is 0 Å². The maximum absolute atomic E-state index is 12.0. The predicted molar refractivity (Wildman–Crippen MR) is 75.4 cm³/mol. The van der Waals surface area contributed by atoms with Gasteiger partial charge in [-0.05, 0) is 20.3 Å². The Morgan fingerprint density at radius 2 is 2.11 bits per heavy atom. The minimum Gasteiger partial charge on any atom is -0.350 e. The summed E-state index contributed by atoms with van der Waals surface area (Å²) in [5.41, 5.74) is -0.589. The summed E-state index contributed by atoms with van der Waals surface area (Å²) >= 11 is 5.74. The van der Waals surface area contributed by atoms with Gasteiger partial charge in [0.1, 0.15) is 17.5 Å². The van der Waals surface area contributed by atoms with Crippen molar-refractivity contribution in [2.24, 2.45) is 0 Å². The highest BCUT2D eigenvalue weighted by Gasteiger charge is 2.19. The summed E-state index contributed by atoms with van der Waals surface area (Å²) < 4.78 is 1.35. The first-order valence-corrected chi connectivity index (χ1v) is 6.74. The van der Waals surface area contributed by atoms with E-state index >= 15 is 0 Å². The Hall–Kier alpha value is -1.36. The largest absolute Gasteiger partial charge is 0.350 e. The molecule has 1 heterocycles. The molecule has 1 aromatic heterocycles. The summed E-state index contributed by atoms with van der Waals surface area (Å²) in [6, 6.07) is 1.22. The van der Waals surface area contributed by atoms with E-state index in [4.69, 9.17) is 11.6 Å². The van der Waals surface area contributed by atoms with Crippen LogP contribution in [0.25, 0.3) is 0 Å². The number of amides is 1. The molecule has 0 saturated heterocycles. The van der Waals surface area contributed by atoms with Crippen molar-refractivity contribution in [3.05, 3.63) is 27.4 Å². The number of carbonyl (C=O) groups excluding carboxylic acids is 1.